The predicted molar refractivity (Wildman–Crippen MR) is 131 cm³/mol. The summed E-state index contributed by atoms with van der Waals surface area (Å²) < 4.78 is 26.1. The minimum atomic E-state index is -1.53. The standard InChI is InChI=1S/C27H24N2O8.Na/c1-33-18-8-5-16(6-9-18)25(30)19(11-15-12-22(34-2)26(36-4)23(13-15)35-3)24(27(31)32)17-7-10-20-21(14-17)29-37-28-20;/h5-10,12-14H,11H2,1-4H3,(H,31,32);/q;+1/p-1. The van der Waals surface area contributed by atoms with Crippen molar-refractivity contribution in [2.45, 2.75) is 6.42 Å². The Labute approximate surface area is 240 Å². The van der Waals surface area contributed by atoms with Gasteiger partial charge in [0.05, 0.1) is 34.4 Å². The number of allylic oxidation sites excluding steroid dienone is 1. The van der Waals surface area contributed by atoms with Crippen molar-refractivity contribution < 1.29 is 67.8 Å². The molecule has 0 aliphatic carbocycles. The number of carbonyl (C=O) groups excluding carboxylic acids is 2. The molecule has 0 aliphatic heterocycles. The molecule has 0 bridgehead atoms. The fourth-order valence-corrected chi connectivity index (χ4v) is 3.99. The first-order valence-corrected chi connectivity index (χ1v) is 11.0. The average molecular weight is 526 g/mol. The Bertz CT molecular complexity index is 1470. The van der Waals surface area contributed by atoms with Gasteiger partial charge < -0.3 is 28.8 Å². The van der Waals surface area contributed by atoms with Crippen LogP contribution in [0.5, 0.6) is 23.0 Å². The Morgan fingerprint density at radius 3 is 1.95 bits per heavy atom. The van der Waals surface area contributed by atoms with E-state index in [1.54, 1.807) is 42.5 Å². The molecule has 3 aromatic carbocycles. The van der Waals surface area contributed by atoms with Gasteiger partial charge in [0.15, 0.2) is 17.3 Å². The number of carboxylic acid groups (broad SMARTS) is 1. The van der Waals surface area contributed by atoms with Crippen molar-refractivity contribution in [1.29, 1.82) is 0 Å². The zero-order chi connectivity index (χ0) is 26.5. The molecular formula is C27H23N2NaO8. The number of aliphatic carboxylic acids is 1. The van der Waals surface area contributed by atoms with E-state index in [2.05, 4.69) is 10.3 Å². The van der Waals surface area contributed by atoms with Gasteiger partial charge in [0.25, 0.3) is 0 Å². The Kier molecular flexibility index (Phi) is 9.51. The van der Waals surface area contributed by atoms with Crippen LogP contribution in [0, 0.1) is 0 Å². The van der Waals surface area contributed by atoms with E-state index in [4.69, 9.17) is 23.6 Å². The Morgan fingerprint density at radius 1 is 0.789 bits per heavy atom. The van der Waals surface area contributed by atoms with Crippen molar-refractivity contribution in [1.82, 2.24) is 10.3 Å². The SMILES string of the molecule is COc1ccc(C(=O)C(Cc2cc(OC)c(OC)c(OC)c2)=C(C(=O)[O-])c2ccc3nonc3c2)cc1.[Na+]. The molecule has 0 saturated carbocycles. The van der Waals surface area contributed by atoms with Crippen LogP contribution in [0.15, 0.2) is 64.8 Å². The number of aromatic nitrogens is 2. The van der Waals surface area contributed by atoms with Crippen LogP contribution in [0.3, 0.4) is 0 Å². The molecule has 11 heteroatoms. The van der Waals surface area contributed by atoms with Crippen molar-refractivity contribution in [3.63, 3.8) is 0 Å². The van der Waals surface area contributed by atoms with Gasteiger partial charge in [0.1, 0.15) is 16.8 Å². The summed E-state index contributed by atoms with van der Waals surface area (Å²) >= 11 is 0. The summed E-state index contributed by atoms with van der Waals surface area (Å²) in [6.07, 6.45) is -0.0833. The van der Waals surface area contributed by atoms with Crippen LogP contribution in [0.25, 0.3) is 16.6 Å². The molecule has 0 atom stereocenters. The molecule has 1 aromatic heterocycles. The topological polar surface area (TPSA) is 133 Å². The number of ether oxygens (including phenoxy) is 4. The maximum atomic E-state index is 13.8. The molecule has 0 spiro atoms. The molecule has 4 aromatic rings. The first-order chi connectivity index (χ1) is 17.9. The third kappa shape index (κ3) is 5.83. The summed E-state index contributed by atoms with van der Waals surface area (Å²) in [6.45, 7) is 0. The van der Waals surface area contributed by atoms with E-state index in [1.807, 2.05) is 0 Å². The Balaban J connectivity index is 0.00000400. The largest absolute Gasteiger partial charge is 1.00 e. The summed E-state index contributed by atoms with van der Waals surface area (Å²) in [4.78, 5) is 26.3. The molecular weight excluding hydrogens is 503 g/mol. The summed E-state index contributed by atoms with van der Waals surface area (Å²) in [7, 11) is 5.92. The minimum absolute atomic E-state index is 0. The number of fused-ring (bicyclic) bond motifs is 1. The number of Topliss-reactive ketones (excluding diaryl/α,β-unsaturated/α-hetero) is 1. The number of nitrogens with zero attached hydrogens (tertiary/aromatic N) is 2. The number of methoxy groups -OCH3 is 4. The van der Waals surface area contributed by atoms with Gasteiger partial charge in [0, 0.05) is 23.1 Å². The van der Waals surface area contributed by atoms with Gasteiger partial charge in [-0.1, -0.05) is 6.07 Å². The van der Waals surface area contributed by atoms with E-state index in [0.29, 0.717) is 39.6 Å². The number of carbonyl (C=O) groups is 2. The van der Waals surface area contributed by atoms with E-state index in [1.165, 1.54) is 40.6 Å². The first kappa shape index (κ1) is 28.7. The molecule has 38 heavy (non-hydrogen) atoms. The molecule has 0 amide bonds. The van der Waals surface area contributed by atoms with Crippen LogP contribution in [-0.4, -0.2) is 50.5 Å². The molecule has 4 rings (SSSR count). The van der Waals surface area contributed by atoms with Gasteiger partial charge in [-0.05, 0) is 70.0 Å². The fraction of sp³-hybridized carbons (Fsp3) is 0.185. The second-order valence-electron chi connectivity index (χ2n) is 7.88. The van der Waals surface area contributed by atoms with Gasteiger partial charge in [-0.15, -0.1) is 0 Å². The number of hydrogen-bond donors (Lipinski definition) is 0. The van der Waals surface area contributed by atoms with Crippen molar-refractivity contribution in [2.75, 3.05) is 28.4 Å². The fourth-order valence-electron chi connectivity index (χ4n) is 3.99. The molecule has 1 heterocycles. The van der Waals surface area contributed by atoms with E-state index < -0.39 is 11.8 Å². The zero-order valence-corrected chi connectivity index (χ0v) is 23.6. The number of rotatable bonds is 10. The molecule has 0 fully saturated rings. The van der Waals surface area contributed by atoms with Crippen LogP contribution in [0.4, 0.5) is 0 Å². The normalized spacial score (nSPS) is 11.3. The van der Waals surface area contributed by atoms with E-state index in [-0.39, 0.29) is 58.3 Å². The summed E-state index contributed by atoms with van der Waals surface area (Å²) in [5, 5.41) is 20.0. The molecule has 0 radical (unpaired) electrons. The minimum Gasteiger partial charge on any atom is -0.545 e. The molecule has 0 unspecified atom stereocenters. The summed E-state index contributed by atoms with van der Waals surface area (Å²) in [5.74, 6) is -0.397. The van der Waals surface area contributed by atoms with Gasteiger partial charge in [-0.25, -0.2) is 4.63 Å². The number of ketones is 1. The number of benzene rings is 3. The van der Waals surface area contributed by atoms with Crippen molar-refractivity contribution in [3.05, 3.63) is 76.9 Å². The number of hydrogen-bond acceptors (Lipinski definition) is 10. The number of carboxylic acids is 1. The first-order valence-electron chi connectivity index (χ1n) is 11.0. The quantitative estimate of drug-likeness (QED) is 0.157. The maximum Gasteiger partial charge on any atom is 1.00 e. The van der Waals surface area contributed by atoms with Crippen molar-refractivity contribution >= 4 is 28.4 Å². The third-order valence-electron chi connectivity index (χ3n) is 5.78. The Morgan fingerprint density at radius 2 is 1.39 bits per heavy atom. The van der Waals surface area contributed by atoms with Crippen LogP contribution in [0.1, 0.15) is 21.5 Å². The van der Waals surface area contributed by atoms with Gasteiger partial charge in [-0.3, -0.25) is 4.79 Å². The molecule has 10 nitrogen and oxygen atoms in total. The molecule has 190 valence electrons. The van der Waals surface area contributed by atoms with Gasteiger partial charge in [0.2, 0.25) is 5.75 Å². The second kappa shape index (κ2) is 12.6. The maximum absolute atomic E-state index is 13.8. The zero-order valence-electron chi connectivity index (χ0n) is 21.6. The van der Waals surface area contributed by atoms with E-state index in [9.17, 15) is 14.7 Å². The average Bonchev–Trinajstić information content (AvgIpc) is 3.39. The van der Waals surface area contributed by atoms with E-state index in [0.717, 1.165) is 0 Å². The van der Waals surface area contributed by atoms with Crippen molar-refractivity contribution in [2.24, 2.45) is 0 Å². The van der Waals surface area contributed by atoms with Crippen LogP contribution in [-0.2, 0) is 11.2 Å². The van der Waals surface area contributed by atoms with Crippen LogP contribution >= 0.6 is 0 Å². The van der Waals surface area contributed by atoms with Crippen LogP contribution < -0.4 is 53.6 Å². The predicted octanol–water partition coefficient (Wildman–Crippen LogP) is -0.110. The Hall–Kier alpha value is -3.86. The third-order valence-corrected chi connectivity index (χ3v) is 5.78. The smallest absolute Gasteiger partial charge is 0.545 e. The molecule has 0 aliphatic rings. The second-order valence-corrected chi connectivity index (χ2v) is 7.88. The van der Waals surface area contributed by atoms with Gasteiger partial charge >= 0.3 is 29.6 Å². The van der Waals surface area contributed by atoms with Crippen LogP contribution in [0.2, 0.25) is 0 Å². The van der Waals surface area contributed by atoms with Crippen molar-refractivity contribution in [3.8, 4) is 23.0 Å². The molecule has 0 N–H and O–H groups in total. The molecule has 0 saturated heterocycles. The summed E-state index contributed by atoms with van der Waals surface area (Å²) in [5.41, 5.74) is 1.50. The van der Waals surface area contributed by atoms with E-state index >= 15 is 0 Å². The monoisotopic (exact) mass is 526 g/mol. The summed E-state index contributed by atoms with van der Waals surface area (Å²) in [6, 6.07) is 14.2. The van der Waals surface area contributed by atoms with Gasteiger partial charge in [-0.2, -0.15) is 0 Å².